The fraction of sp³-hybridized carbons (Fsp3) is 0.250. The summed E-state index contributed by atoms with van der Waals surface area (Å²) in [6.45, 7) is 1.97. The molecule has 0 bridgehead atoms. The maximum Gasteiger partial charge on any atom is 0.240 e. The number of rotatable bonds is 8. The molecule has 0 aliphatic heterocycles. The molecule has 7 heteroatoms. The fourth-order valence-corrected chi connectivity index (χ4v) is 2.26. The molecular formula is C20H23N3O4. The highest BCUT2D eigenvalue weighted by Crippen LogP contribution is 2.26. The number of benzene rings is 2. The fourth-order valence-electron chi connectivity index (χ4n) is 2.26. The Morgan fingerprint density at radius 3 is 2.30 bits per heavy atom. The second-order valence-electron chi connectivity index (χ2n) is 5.82. The number of hydrazone groups is 1. The number of hydrogen-bond donors (Lipinski definition) is 2. The van der Waals surface area contributed by atoms with Gasteiger partial charge >= 0.3 is 0 Å². The molecular weight excluding hydrogens is 346 g/mol. The lowest BCUT2D eigenvalue weighted by atomic mass is 10.2. The van der Waals surface area contributed by atoms with Crippen LogP contribution in [0.1, 0.15) is 24.0 Å². The van der Waals surface area contributed by atoms with Gasteiger partial charge in [0.2, 0.25) is 11.8 Å². The van der Waals surface area contributed by atoms with Crippen molar-refractivity contribution in [2.24, 2.45) is 5.10 Å². The van der Waals surface area contributed by atoms with E-state index in [1.165, 1.54) is 6.21 Å². The normalized spacial score (nSPS) is 10.5. The van der Waals surface area contributed by atoms with Crippen LogP contribution >= 0.6 is 0 Å². The van der Waals surface area contributed by atoms with E-state index in [1.54, 1.807) is 32.4 Å². The number of carbonyl (C=O) groups is 2. The van der Waals surface area contributed by atoms with Crippen molar-refractivity contribution in [3.63, 3.8) is 0 Å². The van der Waals surface area contributed by atoms with Gasteiger partial charge in [0.1, 0.15) is 0 Å². The van der Waals surface area contributed by atoms with Gasteiger partial charge in [-0.25, -0.2) is 5.43 Å². The summed E-state index contributed by atoms with van der Waals surface area (Å²) in [5.41, 5.74) is 4.96. The van der Waals surface area contributed by atoms with Gasteiger partial charge in [0, 0.05) is 18.5 Å². The molecule has 2 rings (SSSR count). The van der Waals surface area contributed by atoms with Crippen LogP contribution in [-0.2, 0) is 9.59 Å². The maximum absolute atomic E-state index is 11.9. The zero-order chi connectivity index (χ0) is 19.6. The Balaban J connectivity index is 1.77. The third kappa shape index (κ3) is 6.47. The average Bonchev–Trinajstić information content (AvgIpc) is 2.68. The van der Waals surface area contributed by atoms with Crippen molar-refractivity contribution in [1.82, 2.24) is 5.43 Å². The van der Waals surface area contributed by atoms with E-state index in [-0.39, 0.29) is 24.7 Å². The SMILES string of the molecule is COc1ccc(/C=N\NC(=O)CCC(=O)Nc2ccc(C)cc2)cc1OC. The summed E-state index contributed by atoms with van der Waals surface area (Å²) in [6.07, 6.45) is 1.61. The molecule has 0 fully saturated rings. The zero-order valence-corrected chi connectivity index (χ0v) is 15.6. The van der Waals surface area contributed by atoms with Crippen LogP contribution in [0.2, 0.25) is 0 Å². The van der Waals surface area contributed by atoms with Crippen LogP contribution in [0.4, 0.5) is 5.69 Å². The summed E-state index contributed by atoms with van der Waals surface area (Å²) < 4.78 is 10.4. The van der Waals surface area contributed by atoms with Crippen LogP contribution in [0.3, 0.4) is 0 Å². The van der Waals surface area contributed by atoms with E-state index in [1.807, 2.05) is 31.2 Å². The first kappa shape index (κ1) is 20.0. The molecule has 0 heterocycles. The van der Waals surface area contributed by atoms with Gasteiger partial charge < -0.3 is 14.8 Å². The molecule has 0 saturated carbocycles. The lowest BCUT2D eigenvalue weighted by Crippen LogP contribution is -2.20. The number of ether oxygens (including phenoxy) is 2. The number of nitrogens with one attached hydrogen (secondary N) is 2. The molecule has 0 aliphatic carbocycles. The van der Waals surface area contributed by atoms with Gasteiger partial charge in [0.25, 0.3) is 0 Å². The Labute approximate surface area is 158 Å². The molecule has 2 aromatic rings. The van der Waals surface area contributed by atoms with Crippen LogP contribution in [0.15, 0.2) is 47.6 Å². The van der Waals surface area contributed by atoms with Crippen molar-refractivity contribution < 1.29 is 19.1 Å². The quantitative estimate of drug-likeness (QED) is 0.553. The zero-order valence-electron chi connectivity index (χ0n) is 15.6. The van der Waals surface area contributed by atoms with E-state index in [0.29, 0.717) is 17.2 Å². The summed E-state index contributed by atoms with van der Waals surface area (Å²) in [6, 6.07) is 12.7. The molecule has 0 unspecified atom stereocenters. The van der Waals surface area contributed by atoms with E-state index in [0.717, 1.165) is 11.1 Å². The number of nitrogens with zero attached hydrogens (tertiary/aromatic N) is 1. The van der Waals surface area contributed by atoms with Gasteiger partial charge in [-0.05, 0) is 42.8 Å². The van der Waals surface area contributed by atoms with Gasteiger partial charge in [-0.3, -0.25) is 9.59 Å². The van der Waals surface area contributed by atoms with E-state index >= 15 is 0 Å². The number of carbonyl (C=O) groups excluding carboxylic acids is 2. The van der Waals surface area contributed by atoms with Crippen LogP contribution in [-0.4, -0.2) is 32.2 Å². The lowest BCUT2D eigenvalue weighted by molar-refractivity contribution is -0.124. The molecule has 0 saturated heterocycles. The monoisotopic (exact) mass is 369 g/mol. The van der Waals surface area contributed by atoms with Crippen molar-refractivity contribution in [2.45, 2.75) is 19.8 Å². The minimum Gasteiger partial charge on any atom is -0.493 e. The molecule has 2 N–H and O–H groups in total. The number of anilines is 1. The highest BCUT2D eigenvalue weighted by Gasteiger charge is 2.07. The van der Waals surface area contributed by atoms with Gasteiger partial charge in [0.05, 0.1) is 20.4 Å². The minimum absolute atomic E-state index is 0.0426. The van der Waals surface area contributed by atoms with E-state index < -0.39 is 0 Å². The summed E-state index contributed by atoms with van der Waals surface area (Å²) in [4.78, 5) is 23.7. The molecule has 0 radical (unpaired) electrons. The van der Waals surface area contributed by atoms with Crippen LogP contribution in [0.5, 0.6) is 11.5 Å². The molecule has 0 aromatic heterocycles. The first-order chi connectivity index (χ1) is 13.0. The second-order valence-corrected chi connectivity index (χ2v) is 5.82. The smallest absolute Gasteiger partial charge is 0.240 e. The third-order valence-corrected chi connectivity index (χ3v) is 3.72. The van der Waals surface area contributed by atoms with Crippen molar-refractivity contribution in [3.05, 3.63) is 53.6 Å². The van der Waals surface area contributed by atoms with Crippen LogP contribution < -0.4 is 20.2 Å². The topological polar surface area (TPSA) is 89.0 Å². The standard InChI is InChI=1S/C20H23N3O4/c1-14-4-7-16(8-5-14)22-19(24)10-11-20(25)23-21-13-15-6-9-17(26-2)18(12-15)27-3/h4-9,12-13H,10-11H2,1-3H3,(H,22,24)(H,23,25)/b21-13-. The second kappa shape index (κ2) is 9.96. The summed E-state index contributed by atoms with van der Waals surface area (Å²) in [5.74, 6) is 0.613. The first-order valence-corrected chi connectivity index (χ1v) is 8.42. The number of methoxy groups -OCH3 is 2. The number of hydrogen-bond acceptors (Lipinski definition) is 5. The largest absolute Gasteiger partial charge is 0.493 e. The van der Waals surface area contributed by atoms with Gasteiger partial charge in [0.15, 0.2) is 11.5 Å². The molecule has 2 aromatic carbocycles. The summed E-state index contributed by atoms with van der Waals surface area (Å²) in [7, 11) is 3.10. The van der Waals surface area contributed by atoms with Crippen LogP contribution in [0, 0.1) is 6.92 Å². The highest BCUT2D eigenvalue weighted by molar-refractivity contribution is 5.93. The van der Waals surface area contributed by atoms with E-state index in [2.05, 4.69) is 15.8 Å². The summed E-state index contributed by atoms with van der Waals surface area (Å²) in [5, 5.41) is 6.64. The first-order valence-electron chi connectivity index (χ1n) is 8.42. The highest BCUT2D eigenvalue weighted by atomic mass is 16.5. The van der Waals surface area contributed by atoms with Gasteiger partial charge in [-0.2, -0.15) is 5.10 Å². The number of amides is 2. The number of aryl methyl sites for hydroxylation is 1. The molecule has 27 heavy (non-hydrogen) atoms. The molecule has 0 atom stereocenters. The molecule has 0 spiro atoms. The van der Waals surface area contributed by atoms with E-state index in [4.69, 9.17) is 9.47 Å². The Hall–Kier alpha value is -3.35. The van der Waals surface area contributed by atoms with Crippen molar-refractivity contribution in [1.29, 1.82) is 0 Å². The third-order valence-electron chi connectivity index (χ3n) is 3.72. The maximum atomic E-state index is 11.9. The van der Waals surface area contributed by atoms with Crippen LogP contribution in [0.25, 0.3) is 0 Å². The van der Waals surface area contributed by atoms with Gasteiger partial charge in [-0.1, -0.05) is 17.7 Å². The Morgan fingerprint density at radius 1 is 0.963 bits per heavy atom. The predicted octanol–water partition coefficient (Wildman–Crippen LogP) is 2.88. The molecule has 142 valence electrons. The Morgan fingerprint density at radius 2 is 1.63 bits per heavy atom. The van der Waals surface area contributed by atoms with Crippen molar-refractivity contribution in [3.8, 4) is 11.5 Å². The Kier molecular flexibility index (Phi) is 7.37. The average molecular weight is 369 g/mol. The molecule has 0 aliphatic rings. The van der Waals surface area contributed by atoms with Crippen molar-refractivity contribution in [2.75, 3.05) is 19.5 Å². The summed E-state index contributed by atoms with van der Waals surface area (Å²) >= 11 is 0. The minimum atomic E-state index is -0.342. The van der Waals surface area contributed by atoms with Crippen molar-refractivity contribution >= 4 is 23.7 Å². The lowest BCUT2D eigenvalue weighted by Gasteiger charge is -2.07. The Bertz CT molecular complexity index is 816. The van der Waals surface area contributed by atoms with Gasteiger partial charge in [-0.15, -0.1) is 0 Å². The molecule has 2 amide bonds. The van der Waals surface area contributed by atoms with E-state index in [9.17, 15) is 9.59 Å². The molecule has 7 nitrogen and oxygen atoms in total. The predicted molar refractivity (Wildman–Crippen MR) is 104 cm³/mol.